The molecule has 0 bridgehead atoms. The Bertz CT molecular complexity index is 867. The van der Waals surface area contributed by atoms with Crippen molar-refractivity contribution in [2.75, 3.05) is 7.11 Å². The Morgan fingerprint density at radius 1 is 1.04 bits per heavy atom. The molecule has 25 heavy (non-hydrogen) atoms. The topological polar surface area (TPSA) is 51.5 Å². The number of methoxy groups -OCH3 is 1. The van der Waals surface area contributed by atoms with Gasteiger partial charge in [0.2, 0.25) is 0 Å². The van der Waals surface area contributed by atoms with Crippen molar-refractivity contribution in [3.05, 3.63) is 71.4 Å². The molecule has 1 aromatic heterocycles. The monoisotopic (exact) mass is 355 g/mol. The van der Waals surface area contributed by atoms with E-state index >= 15 is 0 Å². The molecule has 0 unspecified atom stereocenters. The van der Waals surface area contributed by atoms with Gasteiger partial charge >= 0.3 is 5.97 Å². The molecule has 0 fully saturated rings. The maximum Gasteiger partial charge on any atom is 0.303 e. The van der Waals surface area contributed by atoms with E-state index in [1.54, 1.807) is 7.11 Å². The van der Waals surface area contributed by atoms with Gasteiger partial charge in [-0.2, -0.15) is 0 Å². The predicted molar refractivity (Wildman–Crippen MR) is 98.7 cm³/mol. The van der Waals surface area contributed by atoms with Gasteiger partial charge in [0.1, 0.15) is 5.75 Å². The van der Waals surface area contributed by atoms with E-state index < -0.39 is 5.97 Å². The number of hydrogen-bond donors (Lipinski definition) is 1. The van der Waals surface area contributed by atoms with E-state index in [0.29, 0.717) is 11.4 Å². The van der Waals surface area contributed by atoms with Crippen molar-refractivity contribution < 1.29 is 14.6 Å². The van der Waals surface area contributed by atoms with Gasteiger partial charge in [0.15, 0.2) is 0 Å². The number of carboxylic acids is 1. The third kappa shape index (κ3) is 3.86. The molecule has 0 aliphatic heterocycles. The number of rotatable bonds is 6. The number of carboxylic acid groups (broad SMARTS) is 1. The number of ether oxygens (including phenoxy) is 1. The van der Waals surface area contributed by atoms with Crippen molar-refractivity contribution in [2.24, 2.45) is 0 Å². The van der Waals surface area contributed by atoms with Crippen LogP contribution in [0.1, 0.15) is 12.1 Å². The first-order valence-electron chi connectivity index (χ1n) is 7.91. The van der Waals surface area contributed by atoms with Crippen LogP contribution in [0.4, 0.5) is 0 Å². The number of aromatic nitrogens is 1. The van der Waals surface area contributed by atoms with E-state index in [1.807, 2.05) is 60.7 Å². The summed E-state index contributed by atoms with van der Waals surface area (Å²) in [6.45, 7) is 0. The summed E-state index contributed by atoms with van der Waals surface area (Å²) >= 11 is 6.00. The SMILES string of the molecule is COc1ccc(-c2ccc(CCC(=O)O)n2-c2ccc(Cl)cc2)cc1. The molecular weight excluding hydrogens is 338 g/mol. The molecule has 2 aromatic carbocycles. The number of benzene rings is 2. The minimum atomic E-state index is -0.810. The molecule has 0 radical (unpaired) electrons. The molecule has 5 heteroatoms. The molecule has 1 N–H and O–H groups in total. The summed E-state index contributed by atoms with van der Waals surface area (Å²) in [6.07, 6.45) is 0.535. The highest BCUT2D eigenvalue weighted by Crippen LogP contribution is 2.29. The Balaban J connectivity index is 2.07. The van der Waals surface area contributed by atoms with Crippen molar-refractivity contribution in [3.63, 3.8) is 0 Å². The van der Waals surface area contributed by atoms with Gasteiger partial charge in [-0.1, -0.05) is 11.6 Å². The van der Waals surface area contributed by atoms with E-state index in [2.05, 4.69) is 4.57 Å². The largest absolute Gasteiger partial charge is 0.497 e. The summed E-state index contributed by atoms with van der Waals surface area (Å²) in [5.74, 6) is -0.0192. The van der Waals surface area contributed by atoms with E-state index in [9.17, 15) is 4.79 Å². The molecule has 3 aromatic rings. The van der Waals surface area contributed by atoms with Crippen LogP contribution in [0, 0.1) is 0 Å². The van der Waals surface area contributed by atoms with E-state index in [1.165, 1.54) is 0 Å². The number of nitrogens with zero attached hydrogens (tertiary/aromatic N) is 1. The quantitative estimate of drug-likeness (QED) is 0.689. The molecule has 0 aliphatic carbocycles. The van der Waals surface area contributed by atoms with Crippen molar-refractivity contribution in [3.8, 4) is 22.7 Å². The normalized spacial score (nSPS) is 10.6. The minimum Gasteiger partial charge on any atom is -0.497 e. The molecule has 4 nitrogen and oxygen atoms in total. The van der Waals surface area contributed by atoms with Crippen molar-refractivity contribution >= 4 is 17.6 Å². The molecule has 0 saturated carbocycles. The van der Waals surface area contributed by atoms with Gasteiger partial charge in [0.05, 0.1) is 19.2 Å². The summed E-state index contributed by atoms with van der Waals surface area (Å²) in [4.78, 5) is 11.0. The van der Waals surface area contributed by atoms with Crippen molar-refractivity contribution in [1.29, 1.82) is 0 Å². The summed E-state index contributed by atoms with van der Waals surface area (Å²) in [6, 6.07) is 19.3. The fourth-order valence-corrected chi connectivity index (χ4v) is 2.92. The van der Waals surface area contributed by atoms with E-state index in [4.69, 9.17) is 21.4 Å². The number of aryl methyl sites for hydroxylation is 1. The van der Waals surface area contributed by atoms with Gasteiger partial charge in [-0.05, 0) is 72.6 Å². The first-order chi connectivity index (χ1) is 12.1. The molecule has 0 spiro atoms. The lowest BCUT2D eigenvalue weighted by Crippen LogP contribution is -2.05. The van der Waals surface area contributed by atoms with Crippen LogP contribution in [0.3, 0.4) is 0 Å². The van der Waals surface area contributed by atoms with Crippen LogP contribution in [-0.4, -0.2) is 22.8 Å². The van der Waals surface area contributed by atoms with E-state index in [0.717, 1.165) is 28.4 Å². The maximum absolute atomic E-state index is 11.0. The van der Waals surface area contributed by atoms with Crippen LogP contribution >= 0.6 is 11.6 Å². The van der Waals surface area contributed by atoms with Crippen LogP contribution < -0.4 is 4.74 Å². The van der Waals surface area contributed by atoms with Gasteiger partial charge in [0, 0.05) is 16.4 Å². The van der Waals surface area contributed by atoms with Crippen LogP contribution in [0.15, 0.2) is 60.7 Å². The Kier molecular flexibility index (Phi) is 5.10. The van der Waals surface area contributed by atoms with E-state index in [-0.39, 0.29) is 6.42 Å². The number of aliphatic carboxylic acids is 1. The van der Waals surface area contributed by atoms with Crippen LogP contribution in [0.25, 0.3) is 16.9 Å². The zero-order valence-electron chi connectivity index (χ0n) is 13.8. The highest BCUT2D eigenvalue weighted by atomic mass is 35.5. The second-order valence-electron chi connectivity index (χ2n) is 5.64. The maximum atomic E-state index is 11.0. The Hall–Kier alpha value is -2.72. The third-order valence-corrected chi connectivity index (χ3v) is 4.28. The molecule has 0 amide bonds. The average molecular weight is 356 g/mol. The third-order valence-electron chi connectivity index (χ3n) is 4.03. The first kappa shape index (κ1) is 17.1. The zero-order valence-corrected chi connectivity index (χ0v) is 14.5. The zero-order chi connectivity index (χ0) is 17.8. The fraction of sp³-hybridized carbons (Fsp3) is 0.150. The lowest BCUT2D eigenvalue weighted by Gasteiger charge is -2.14. The lowest BCUT2D eigenvalue weighted by atomic mass is 10.1. The molecule has 128 valence electrons. The van der Waals surface area contributed by atoms with Gasteiger partial charge < -0.3 is 14.4 Å². The molecule has 0 atom stereocenters. The van der Waals surface area contributed by atoms with Crippen LogP contribution in [0.5, 0.6) is 5.75 Å². The minimum absolute atomic E-state index is 0.0830. The predicted octanol–water partition coefficient (Wildman–Crippen LogP) is 4.82. The Labute approximate surface area is 151 Å². The van der Waals surface area contributed by atoms with Gasteiger partial charge in [0.25, 0.3) is 0 Å². The smallest absolute Gasteiger partial charge is 0.303 e. The summed E-state index contributed by atoms with van der Waals surface area (Å²) in [5.41, 5.74) is 3.90. The standard InChI is InChI=1S/C20H18ClNO3/c1-25-18-10-2-14(3-11-18)19-12-8-17(9-13-20(23)24)22(19)16-6-4-15(21)5-7-16/h2-8,10-12H,9,13H2,1H3,(H,23,24). The van der Waals surface area contributed by atoms with Gasteiger partial charge in [-0.25, -0.2) is 0 Å². The molecule has 0 aliphatic rings. The molecular formula is C20H18ClNO3. The number of halogens is 1. The lowest BCUT2D eigenvalue weighted by molar-refractivity contribution is -0.136. The Morgan fingerprint density at radius 3 is 2.32 bits per heavy atom. The highest BCUT2D eigenvalue weighted by molar-refractivity contribution is 6.30. The molecule has 1 heterocycles. The summed E-state index contributed by atoms with van der Waals surface area (Å²) in [7, 11) is 1.63. The number of hydrogen-bond acceptors (Lipinski definition) is 2. The van der Waals surface area contributed by atoms with Crippen molar-refractivity contribution in [2.45, 2.75) is 12.8 Å². The molecule has 3 rings (SSSR count). The molecule has 0 saturated heterocycles. The first-order valence-corrected chi connectivity index (χ1v) is 8.29. The second kappa shape index (κ2) is 7.45. The van der Waals surface area contributed by atoms with Gasteiger partial charge in [-0.15, -0.1) is 0 Å². The van der Waals surface area contributed by atoms with Crippen LogP contribution in [-0.2, 0) is 11.2 Å². The highest BCUT2D eigenvalue weighted by Gasteiger charge is 2.13. The Morgan fingerprint density at radius 2 is 1.72 bits per heavy atom. The van der Waals surface area contributed by atoms with Crippen molar-refractivity contribution in [1.82, 2.24) is 4.57 Å². The fourth-order valence-electron chi connectivity index (χ4n) is 2.79. The average Bonchev–Trinajstić information content (AvgIpc) is 3.04. The number of carbonyl (C=O) groups is 1. The van der Waals surface area contributed by atoms with Gasteiger partial charge in [-0.3, -0.25) is 4.79 Å². The van der Waals surface area contributed by atoms with Crippen LogP contribution in [0.2, 0.25) is 5.02 Å². The summed E-state index contributed by atoms with van der Waals surface area (Å²) < 4.78 is 7.29. The second-order valence-corrected chi connectivity index (χ2v) is 6.08. The summed E-state index contributed by atoms with van der Waals surface area (Å²) in [5, 5.41) is 9.67.